The number of aliphatic hydroxyl groups is 1. The molecule has 0 amide bonds. The van der Waals surface area contributed by atoms with E-state index in [2.05, 4.69) is 42.8 Å². The molecule has 2 nitrogen and oxygen atoms in total. The van der Waals surface area contributed by atoms with E-state index in [4.69, 9.17) is 0 Å². The van der Waals surface area contributed by atoms with Crippen molar-refractivity contribution < 1.29 is 5.11 Å². The third kappa shape index (κ3) is 1.85. The van der Waals surface area contributed by atoms with Crippen molar-refractivity contribution in [1.29, 1.82) is 0 Å². The number of rotatable bonds is 3. The number of hydrogen-bond donors (Lipinski definition) is 1. The van der Waals surface area contributed by atoms with Gasteiger partial charge in [0.25, 0.3) is 0 Å². The van der Waals surface area contributed by atoms with Crippen LogP contribution in [-0.4, -0.2) is 9.67 Å². The van der Waals surface area contributed by atoms with Gasteiger partial charge in [0, 0.05) is 29.2 Å². The third-order valence-corrected chi connectivity index (χ3v) is 2.98. The van der Waals surface area contributed by atoms with Crippen molar-refractivity contribution in [3.63, 3.8) is 0 Å². The standard InChI is InChI=1S/C14H19NO/c1-4-7-15-9-13(11(3)16)12-8-10(2)5-6-14(12)15/h5-6,8-9,11,16H,4,7H2,1-3H3. The smallest absolute Gasteiger partial charge is 0.0782 e. The third-order valence-electron chi connectivity index (χ3n) is 2.98. The zero-order chi connectivity index (χ0) is 11.7. The lowest BCUT2D eigenvalue weighted by molar-refractivity contribution is 0.200. The van der Waals surface area contributed by atoms with Gasteiger partial charge in [-0.05, 0) is 32.4 Å². The summed E-state index contributed by atoms with van der Waals surface area (Å²) >= 11 is 0. The molecule has 86 valence electrons. The van der Waals surface area contributed by atoms with E-state index in [0.29, 0.717) is 0 Å². The molecule has 16 heavy (non-hydrogen) atoms. The number of aliphatic hydroxyl groups excluding tert-OH is 1. The van der Waals surface area contributed by atoms with Crippen LogP contribution >= 0.6 is 0 Å². The van der Waals surface area contributed by atoms with Gasteiger partial charge in [-0.25, -0.2) is 0 Å². The van der Waals surface area contributed by atoms with Crippen molar-refractivity contribution in [1.82, 2.24) is 4.57 Å². The number of benzene rings is 1. The van der Waals surface area contributed by atoms with Crippen LogP contribution < -0.4 is 0 Å². The quantitative estimate of drug-likeness (QED) is 0.837. The molecule has 1 unspecified atom stereocenters. The highest BCUT2D eigenvalue weighted by atomic mass is 16.3. The number of aryl methyl sites for hydroxylation is 2. The summed E-state index contributed by atoms with van der Waals surface area (Å²) in [6, 6.07) is 6.43. The van der Waals surface area contributed by atoms with E-state index < -0.39 is 6.10 Å². The Morgan fingerprint density at radius 1 is 1.38 bits per heavy atom. The lowest BCUT2D eigenvalue weighted by Crippen LogP contribution is -1.94. The number of hydrogen-bond acceptors (Lipinski definition) is 1. The van der Waals surface area contributed by atoms with E-state index in [1.165, 1.54) is 16.5 Å². The summed E-state index contributed by atoms with van der Waals surface area (Å²) in [5.41, 5.74) is 3.50. The lowest BCUT2D eigenvalue weighted by atomic mass is 10.1. The minimum Gasteiger partial charge on any atom is -0.389 e. The lowest BCUT2D eigenvalue weighted by Gasteiger charge is -2.02. The SMILES string of the molecule is CCCn1cc(C(C)O)c2cc(C)ccc21. The number of aromatic nitrogens is 1. The number of fused-ring (bicyclic) bond motifs is 1. The summed E-state index contributed by atoms with van der Waals surface area (Å²) in [4.78, 5) is 0. The molecule has 0 fully saturated rings. The van der Waals surface area contributed by atoms with Gasteiger partial charge in [0.15, 0.2) is 0 Å². The Morgan fingerprint density at radius 2 is 2.12 bits per heavy atom. The Kier molecular flexibility index (Phi) is 3.01. The summed E-state index contributed by atoms with van der Waals surface area (Å²) in [6.45, 7) is 7.09. The molecule has 1 aromatic carbocycles. The van der Waals surface area contributed by atoms with Crippen LogP contribution in [0.1, 0.15) is 37.5 Å². The second-order valence-electron chi connectivity index (χ2n) is 4.47. The van der Waals surface area contributed by atoms with Gasteiger partial charge < -0.3 is 9.67 Å². The van der Waals surface area contributed by atoms with Crippen LogP contribution in [0, 0.1) is 6.92 Å². The Hall–Kier alpha value is -1.28. The predicted octanol–water partition coefficient (Wildman–Crippen LogP) is 3.41. The fourth-order valence-electron chi connectivity index (χ4n) is 2.20. The summed E-state index contributed by atoms with van der Waals surface area (Å²) in [5, 5.41) is 11.0. The van der Waals surface area contributed by atoms with Crippen molar-refractivity contribution in [2.45, 2.75) is 39.8 Å². The molecule has 2 heteroatoms. The Morgan fingerprint density at radius 3 is 2.75 bits per heavy atom. The van der Waals surface area contributed by atoms with Gasteiger partial charge in [-0.2, -0.15) is 0 Å². The monoisotopic (exact) mass is 217 g/mol. The normalized spacial score (nSPS) is 13.2. The molecule has 0 bridgehead atoms. The summed E-state index contributed by atoms with van der Waals surface area (Å²) < 4.78 is 2.23. The predicted molar refractivity (Wildman–Crippen MR) is 67.6 cm³/mol. The second kappa shape index (κ2) is 4.30. The Balaban J connectivity index is 2.66. The van der Waals surface area contributed by atoms with E-state index in [-0.39, 0.29) is 0 Å². The first-order chi connectivity index (χ1) is 7.63. The van der Waals surface area contributed by atoms with Gasteiger partial charge in [0.2, 0.25) is 0 Å². The molecule has 1 N–H and O–H groups in total. The minimum absolute atomic E-state index is 0.401. The first-order valence-corrected chi connectivity index (χ1v) is 5.91. The van der Waals surface area contributed by atoms with Gasteiger partial charge in [-0.1, -0.05) is 18.6 Å². The van der Waals surface area contributed by atoms with E-state index in [9.17, 15) is 5.11 Å². The van der Waals surface area contributed by atoms with Crippen LogP contribution in [0.15, 0.2) is 24.4 Å². The van der Waals surface area contributed by atoms with E-state index in [0.717, 1.165) is 18.5 Å². The maximum atomic E-state index is 9.78. The molecule has 0 radical (unpaired) electrons. The molecule has 1 atom stereocenters. The van der Waals surface area contributed by atoms with Gasteiger partial charge in [-0.15, -0.1) is 0 Å². The van der Waals surface area contributed by atoms with Crippen LogP contribution in [0.2, 0.25) is 0 Å². The molecular formula is C14H19NO. The maximum Gasteiger partial charge on any atom is 0.0782 e. The van der Waals surface area contributed by atoms with Crippen molar-refractivity contribution in [2.75, 3.05) is 0 Å². The van der Waals surface area contributed by atoms with E-state index in [1.54, 1.807) is 0 Å². The van der Waals surface area contributed by atoms with Crippen LogP contribution in [0.25, 0.3) is 10.9 Å². The number of nitrogens with zero attached hydrogens (tertiary/aromatic N) is 1. The highest BCUT2D eigenvalue weighted by Crippen LogP contribution is 2.27. The van der Waals surface area contributed by atoms with Crippen molar-refractivity contribution in [3.05, 3.63) is 35.5 Å². The van der Waals surface area contributed by atoms with E-state index >= 15 is 0 Å². The molecule has 1 heterocycles. The molecule has 0 aliphatic heterocycles. The van der Waals surface area contributed by atoms with Gasteiger partial charge in [-0.3, -0.25) is 0 Å². The molecule has 0 saturated carbocycles. The van der Waals surface area contributed by atoms with Gasteiger partial charge in [0.05, 0.1) is 6.10 Å². The molecule has 2 aromatic rings. The molecule has 0 spiro atoms. The van der Waals surface area contributed by atoms with Crippen LogP contribution in [0.5, 0.6) is 0 Å². The van der Waals surface area contributed by atoms with Gasteiger partial charge >= 0.3 is 0 Å². The summed E-state index contributed by atoms with van der Waals surface area (Å²) in [5.74, 6) is 0. The first-order valence-electron chi connectivity index (χ1n) is 5.91. The second-order valence-corrected chi connectivity index (χ2v) is 4.47. The first kappa shape index (κ1) is 11.2. The topological polar surface area (TPSA) is 25.2 Å². The zero-order valence-electron chi connectivity index (χ0n) is 10.2. The van der Waals surface area contributed by atoms with Gasteiger partial charge in [0.1, 0.15) is 0 Å². The Labute approximate surface area is 96.5 Å². The van der Waals surface area contributed by atoms with E-state index in [1.807, 2.05) is 6.92 Å². The highest BCUT2D eigenvalue weighted by molar-refractivity contribution is 5.85. The van der Waals surface area contributed by atoms with Crippen molar-refractivity contribution in [3.8, 4) is 0 Å². The molecule has 0 saturated heterocycles. The zero-order valence-corrected chi connectivity index (χ0v) is 10.2. The van der Waals surface area contributed by atoms with Crippen LogP contribution in [0.3, 0.4) is 0 Å². The molecule has 0 aliphatic rings. The van der Waals surface area contributed by atoms with Crippen molar-refractivity contribution in [2.24, 2.45) is 0 Å². The minimum atomic E-state index is -0.401. The van der Waals surface area contributed by atoms with Crippen LogP contribution in [-0.2, 0) is 6.54 Å². The highest BCUT2D eigenvalue weighted by Gasteiger charge is 2.11. The average Bonchev–Trinajstić information content (AvgIpc) is 2.57. The average molecular weight is 217 g/mol. The Bertz CT molecular complexity index is 497. The molecule has 1 aromatic heterocycles. The summed E-state index contributed by atoms with van der Waals surface area (Å²) in [7, 11) is 0. The fraction of sp³-hybridized carbons (Fsp3) is 0.429. The molecular weight excluding hydrogens is 198 g/mol. The molecule has 2 rings (SSSR count). The molecule has 0 aliphatic carbocycles. The van der Waals surface area contributed by atoms with Crippen molar-refractivity contribution >= 4 is 10.9 Å². The largest absolute Gasteiger partial charge is 0.389 e. The summed E-state index contributed by atoms with van der Waals surface area (Å²) in [6.07, 6.45) is 2.79. The fourth-order valence-corrected chi connectivity index (χ4v) is 2.20. The maximum absolute atomic E-state index is 9.78. The van der Waals surface area contributed by atoms with Crippen LogP contribution in [0.4, 0.5) is 0 Å².